The van der Waals surface area contributed by atoms with E-state index in [1.54, 1.807) is 6.92 Å². The smallest absolute Gasteiger partial charge is 0.219 e. The van der Waals surface area contributed by atoms with Gasteiger partial charge >= 0.3 is 0 Å². The molecule has 0 bridgehead atoms. The molecule has 9 heavy (non-hydrogen) atoms. The molecule has 0 aromatic carbocycles. The first-order valence-electron chi connectivity index (χ1n) is 2.36. The van der Waals surface area contributed by atoms with Gasteiger partial charge in [-0.15, -0.1) is 5.57 Å². The van der Waals surface area contributed by atoms with E-state index < -0.39 is 5.97 Å². The van der Waals surface area contributed by atoms with Crippen molar-refractivity contribution in [2.75, 3.05) is 6.61 Å². The van der Waals surface area contributed by atoms with E-state index in [0.29, 0.717) is 6.61 Å². The van der Waals surface area contributed by atoms with Gasteiger partial charge in [0.05, 0.1) is 6.61 Å². The molecule has 0 heterocycles. The Balaban J connectivity index is 0. The fourth-order valence-corrected chi connectivity index (χ4v) is 0.233. The van der Waals surface area contributed by atoms with Gasteiger partial charge in [0.15, 0.2) is 0 Å². The summed E-state index contributed by atoms with van der Waals surface area (Å²) in [7, 11) is 0. The van der Waals surface area contributed by atoms with Crippen molar-refractivity contribution in [2.24, 2.45) is 0 Å². The van der Waals surface area contributed by atoms with Crippen LogP contribution in [-0.2, 0) is 30.6 Å². The van der Waals surface area contributed by atoms with Crippen molar-refractivity contribution in [3.8, 4) is 0 Å². The maximum atomic E-state index is 10.4. The maximum absolute atomic E-state index is 10.4. The van der Waals surface area contributed by atoms with Crippen molar-refractivity contribution in [2.45, 2.75) is 6.92 Å². The number of carbonyl (C=O) groups is 1. The molecule has 0 aromatic heterocycles. The van der Waals surface area contributed by atoms with Crippen LogP contribution in [0.5, 0.6) is 0 Å². The van der Waals surface area contributed by atoms with E-state index in [1.807, 2.05) is 0 Å². The van der Waals surface area contributed by atoms with Crippen molar-refractivity contribution in [3.05, 3.63) is 19.1 Å². The second kappa shape index (κ2) is 5.90. The zero-order chi connectivity index (χ0) is 6.57. The summed E-state index contributed by atoms with van der Waals surface area (Å²) in [4.78, 5) is 10.4. The Labute approximate surface area is 69.5 Å². The third-order valence-electron chi connectivity index (χ3n) is 0.564. The summed E-state index contributed by atoms with van der Waals surface area (Å²) in [5, 5.41) is 0. The molecule has 0 N–H and O–H groups in total. The molecule has 0 unspecified atom stereocenters. The summed E-state index contributed by atoms with van der Waals surface area (Å²) in [6, 6.07) is 0. The third-order valence-corrected chi connectivity index (χ3v) is 0.564. The normalized spacial score (nSPS) is 7.22. The van der Waals surface area contributed by atoms with Crippen LogP contribution < -0.4 is 0 Å². The van der Waals surface area contributed by atoms with Crippen molar-refractivity contribution in [1.29, 1.82) is 0 Å². The van der Waals surface area contributed by atoms with Crippen LogP contribution in [0.4, 0.5) is 0 Å². The first-order chi connectivity index (χ1) is 3.68. The fraction of sp³-hybridized carbons (Fsp3) is 0.333. The molecule has 0 spiro atoms. The number of esters is 1. The Morgan fingerprint density at radius 3 is 2.33 bits per heavy atom. The van der Waals surface area contributed by atoms with E-state index >= 15 is 0 Å². The number of ether oxygens (including phenoxy) is 1. The van der Waals surface area contributed by atoms with Crippen LogP contribution in [0.25, 0.3) is 0 Å². The Morgan fingerprint density at radius 1 is 1.78 bits per heavy atom. The molecule has 0 saturated heterocycles. The minimum atomic E-state index is -0.424. The Kier molecular flexibility index (Phi) is 7.57. The van der Waals surface area contributed by atoms with Crippen molar-refractivity contribution in [1.82, 2.24) is 0 Å². The molecule has 52 valence electrons. The van der Waals surface area contributed by atoms with Crippen LogP contribution in [0.3, 0.4) is 0 Å². The monoisotopic (exact) mass is 297 g/mol. The molecule has 0 aliphatic carbocycles. The molecule has 3 heteroatoms. The average molecular weight is 297 g/mol. The molecule has 2 nitrogen and oxygen atoms in total. The SMILES string of the molecule is C=C([CH2-])C(=O)OCC.[W]. The molecule has 0 saturated carbocycles. The fourth-order valence-electron chi connectivity index (χ4n) is 0.233. The molecule has 0 radical (unpaired) electrons. The molecular weight excluding hydrogens is 288 g/mol. The van der Waals surface area contributed by atoms with Crippen LogP contribution in [0.15, 0.2) is 12.2 Å². The Bertz CT molecular complexity index is 110. The molecule has 0 amide bonds. The zero-order valence-electron chi connectivity index (χ0n) is 5.35. The van der Waals surface area contributed by atoms with Gasteiger partial charge in [-0.25, -0.2) is 0 Å². The van der Waals surface area contributed by atoms with Crippen LogP contribution in [-0.4, -0.2) is 12.6 Å². The molecule has 0 aliphatic heterocycles. The summed E-state index contributed by atoms with van der Waals surface area (Å²) in [6.45, 7) is 8.70. The van der Waals surface area contributed by atoms with Gasteiger partial charge in [-0.1, -0.05) is 0 Å². The van der Waals surface area contributed by atoms with Gasteiger partial charge in [0, 0.05) is 21.1 Å². The van der Waals surface area contributed by atoms with Crippen LogP contribution in [0, 0.1) is 6.92 Å². The second-order valence-electron chi connectivity index (χ2n) is 1.32. The van der Waals surface area contributed by atoms with Gasteiger partial charge in [0.25, 0.3) is 0 Å². The predicted octanol–water partition coefficient (Wildman–Crippen LogP) is 0.937. The second-order valence-corrected chi connectivity index (χ2v) is 1.32. The van der Waals surface area contributed by atoms with E-state index in [9.17, 15) is 4.79 Å². The first-order valence-corrected chi connectivity index (χ1v) is 2.36. The zero-order valence-corrected chi connectivity index (χ0v) is 8.28. The van der Waals surface area contributed by atoms with Gasteiger partial charge < -0.3 is 9.53 Å². The van der Waals surface area contributed by atoms with E-state index in [1.165, 1.54) is 0 Å². The summed E-state index contributed by atoms with van der Waals surface area (Å²) in [5.41, 5.74) is 0.201. The van der Waals surface area contributed by atoms with Gasteiger partial charge in [0.2, 0.25) is 5.97 Å². The number of hydrogen-bond acceptors (Lipinski definition) is 2. The Morgan fingerprint density at radius 2 is 2.22 bits per heavy atom. The van der Waals surface area contributed by atoms with E-state index in [0.717, 1.165) is 0 Å². The Hall–Kier alpha value is -0.232. The van der Waals surface area contributed by atoms with E-state index in [2.05, 4.69) is 18.2 Å². The largest absolute Gasteiger partial charge is 0.520 e. The van der Waals surface area contributed by atoms with E-state index in [-0.39, 0.29) is 26.6 Å². The summed E-state index contributed by atoms with van der Waals surface area (Å²) < 4.78 is 4.50. The van der Waals surface area contributed by atoms with Crippen LogP contribution in [0.2, 0.25) is 0 Å². The minimum absolute atomic E-state index is 0. The average Bonchev–Trinajstić information content (AvgIpc) is 1.67. The minimum Gasteiger partial charge on any atom is -0.520 e. The van der Waals surface area contributed by atoms with Crippen LogP contribution >= 0.6 is 0 Å². The maximum Gasteiger partial charge on any atom is 0.219 e. The quantitative estimate of drug-likeness (QED) is 0.431. The van der Waals surface area contributed by atoms with Gasteiger partial charge in [-0.2, -0.15) is 13.5 Å². The molecule has 0 rings (SSSR count). The van der Waals surface area contributed by atoms with Crippen LogP contribution in [0.1, 0.15) is 6.92 Å². The van der Waals surface area contributed by atoms with Gasteiger partial charge in [0.1, 0.15) is 0 Å². The van der Waals surface area contributed by atoms with Crippen molar-refractivity contribution >= 4 is 5.97 Å². The molecule has 0 aliphatic rings. The number of hydrogen-bond donors (Lipinski definition) is 0. The van der Waals surface area contributed by atoms with Crippen molar-refractivity contribution < 1.29 is 30.6 Å². The molecule has 0 atom stereocenters. The standard InChI is InChI=1S/C6H9O2.W/c1-4-8-6(7)5(2)3;/h2-4H2,1H3;/q-1;. The summed E-state index contributed by atoms with van der Waals surface area (Å²) in [5.74, 6) is -0.424. The number of rotatable bonds is 2. The molecule has 0 aromatic rings. The predicted molar refractivity (Wildman–Crippen MR) is 31.1 cm³/mol. The molecule has 0 fully saturated rings. The van der Waals surface area contributed by atoms with Gasteiger partial charge in [-0.05, 0) is 6.92 Å². The van der Waals surface area contributed by atoms with Gasteiger partial charge in [-0.3, -0.25) is 0 Å². The van der Waals surface area contributed by atoms with E-state index in [4.69, 9.17) is 0 Å². The first kappa shape index (κ1) is 11.6. The summed E-state index contributed by atoms with van der Waals surface area (Å²) in [6.07, 6.45) is 0. The summed E-state index contributed by atoms with van der Waals surface area (Å²) >= 11 is 0. The molecular formula is C6H9O2W-. The third kappa shape index (κ3) is 5.64. The topological polar surface area (TPSA) is 26.3 Å². The number of carbonyl (C=O) groups excluding carboxylic acids is 1. The van der Waals surface area contributed by atoms with Crippen molar-refractivity contribution in [3.63, 3.8) is 0 Å².